The van der Waals surface area contributed by atoms with Gasteiger partial charge in [-0.1, -0.05) is 31.5 Å². The van der Waals surface area contributed by atoms with Gasteiger partial charge in [-0.25, -0.2) is 13.6 Å². The van der Waals surface area contributed by atoms with Crippen molar-refractivity contribution in [3.8, 4) is 11.5 Å². The Morgan fingerprint density at radius 3 is 2.33 bits per heavy atom. The van der Waals surface area contributed by atoms with Crippen LogP contribution in [-0.2, 0) is 10.0 Å². The number of aliphatic hydroxyl groups is 1. The molecule has 1 saturated heterocycles. The van der Waals surface area contributed by atoms with E-state index < -0.39 is 16.3 Å². The van der Waals surface area contributed by atoms with Crippen LogP contribution in [0.25, 0.3) is 0 Å². The van der Waals surface area contributed by atoms with Crippen LogP contribution in [0.3, 0.4) is 0 Å². The number of ether oxygens (including phenoxy) is 1. The Bertz CT molecular complexity index is 1050. The van der Waals surface area contributed by atoms with E-state index in [9.17, 15) is 13.5 Å². The van der Waals surface area contributed by atoms with Gasteiger partial charge in [-0.2, -0.15) is 0 Å². The molecule has 200 valence electrons. The molecule has 2 aromatic carbocycles. The first-order valence-electron chi connectivity index (χ1n) is 12.6. The molecule has 1 fully saturated rings. The third-order valence-electron chi connectivity index (χ3n) is 6.18. The van der Waals surface area contributed by atoms with E-state index in [1.807, 2.05) is 6.07 Å². The van der Waals surface area contributed by atoms with Crippen molar-refractivity contribution in [3.63, 3.8) is 0 Å². The summed E-state index contributed by atoms with van der Waals surface area (Å²) in [6.45, 7) is 9.44. The summed E-state index contributed by atoms with van der Waals surface area (Å²) >= 11 is 0. The lowest BCUT2D eigenvalue weighted by molar-refractivity contribution is 0.112. The van der Waals surface area contributed by atoms with Gasteiger partial charge in [-0.3, -0.25) is 15.1 Å². The van der Waals surface area contributed by atoms with Crippen LogP contribution < -0.4 is 26.2 Å². The van der Waals surface area contributed by atoms with Gasteiger partial charge in [0.05, 0.1) is 5.69 Å². The molecule has 1 unspecified atom stereocenters. The summed E-state index contributed by atoms with van der Waals surface area (Å²) in [6, 6.07) is 12.0. The van der Waals surface area contributed by atoms with Crippen LogP contribution >= 0.6 is 0 Å². The molecule has 0 bridgehead atoms. The maximum atomic E-state index is 12.5. The maximum absolute atomic E-state index is 12.5. The SMILES string of the molecule is CCCCNc1cc(C(O)NCCN2CCN(CCN)CC2)cc(S(N)(=O)=O)c1Oc1ccccc1. The number of rotatable bonds is 14. The van der Waals surface area contributed by atoms with E-state index in [-0.39, 0.29) is 10.6 Å². The number of unbranched alkanes of at least 4 members (excludes halogenated alkanes) is 1. The number of hydrogen-bond donors (Lipinski definition) is 5. The number of anilines is 1. The summed E-state index contributed by atoms with van der Waals surface area (Å²) in [5.41, 5.74) is 6.50. The molecule has 0 aliphatic carbocycles. The highest BCUT2D eigenvalue weighted by molar-refractivity contribution is 7.89. The highest BCUT2D eigenvalue weighted by atomic mass is 32.2. The lowest BCUT2D eigenvalue weighted by Crippen LogP contribution is -2.49. The van der Waals surface area contributed by atoms with Crippen LogP contribution in [0.15, 0.2) is 47.4 Å². The molecule has 1 aliphatic rings. The molecule has 36 heavy (non-hydrogen) atoms. The summed E-state index contributed by atoms with van der Waals surface area (Å²) in [7, 11) is -4.14. The highest BCUT2D eigenvalue weighted by Crippen LogP contribution is 2.38. The zero-order valence-electron chi connectivity index (χ0n) is 21.0. The molecule has 0 aromatic heterocycles. The van der Waals surface area contributed by atoms with Crippen molar-refractivity contribution >= 4 is 15.7 Å². The van der Waals surface area contributed by atoms with Crippen molar-refractivity contribution in [2.45, 2.75) is 30.9 Å². The molecule has 0 radical (unpaired) electrons. The number of nitrogens with one attached hydrogen (secondary N) is 2. The topological polar surface area (TPSA) is 146 Å². The molecule has 1 heterocycles. The quantitative estimate of drug-likeness (QED) is 0.185. The molecule has 3 rings (SSSR count). The zero-order chi connectivity index (χ0) is 26.0. The Labute approximate surface area is 214 Å². The Kier molecular flexibility index (Phi) is 10.9. The van der Waals surface area contributed by atoms with Gasteiger partial charge in [0.1, 0.15) is 16.9 Å². The minimum atomic E-state index is -4.14. The van der Waals surface area contributed by atoms with Crippen LogP contribution in [-0.4, -0.2) is 82.2 Å². The molecule has 2 aromatic rings. The number of nitrogens with two attached hydrogens (primary N) is 2. The summed E-state index contributed by atoms with van der Waals surface area (Å²) < 4.78 is 31.1. The maximum Gasteiger partial charge on any atom is 0.241 e. The van der Waals surface area contributed by atoms with Crippen molar-refractivity contribution in [3.05, 3.63) is 48.0 Å². The Morgan fingerprint density at radius 2 is 1.72 bits per heavy atom. The van der Waals surface area contributed by atoms with Gasteiger partial charge in [0.15, 0.2) is 5.75 Å². The predicted octanol–water partition coefficient (Wildman–Crippen LogP) is 1.50. The lowest BCUT2D eigenvalue weighted by atomic mass is 10.1. The lowest BCUT2D eigenvalue weighted by Gasteiger charge is -2.34. The first-order valence-corrected chi connectivity index (χ1v) is 14.1. The molecule has 7 N–H and O–H groups in total. The summed E-state index contributed by atoms with van der Waals surface area (Å²) in [5, 5.41) is 22.8. The van der Waals surface area contributed by atoms with E-state index in [1.165, 1.54) is 6.07 Å². The monoisotopic (exact) mass is 520 g/mol. The van der Waals surface area contributed by atoms with Crippen LogP contribution in [0.2, 0.25) is 0 Å². The second-order valence-corrected chi connectivity index (χ2v) is 10.5. The molecular weight excluding hydrogens is 480 g/mol. The molecule has 0 spiro atoms. The largest absolute Gasteiger partial charge is 0.454 e. The molecule has 0 saturated carbocycles. The first kappa shape index (κ1) is 28.3. The van der Waals surface area contributed by atoms with Crippen molar-refractivity contribution in [1.29, 1.82) is 0 Å². The standard InChI is InChI=1S/C25H40N6O4S/c1-2-3-10-28-22-18-20(25(32)29-11-13-31-16-14-30(12-9-26)15-17-31)19-23(36(27,33)34)24(22)35-21-7-5-4-6-8-21/h4-8,18-19,25,28-29,32H,2-3,9-17,26H2,1H3,(H2,27,33,34). The second-order valence-electron chi connectivity index (χ2n) is 8.96. The van der Waals surface area contributed by atoms with Crippen molar-refractivity contribution < 1.29 is 18.3 Å². The van der Waals surface area contributed by atoms with Crippen LogP contribution in [0.1, 0.15) is 31.6 Å². The van der Waals surface area contributed by atoms with Crippen molar-refractivity contribution in [2.75, 3.05) is 64.2 Å². The number of aliphatic hydroxyl groups excluding tert-OH is 1. The van der Waals surface area contributed by atoms with E-state index in [1.54, 1.807) is 30.3 Å². The van der Waals surface area contributed by atoms with Gasteiger partial charge in [0.25, 0.3) is 0 Å². The number of sulfonamides is 1. The van der Waals surface area contributed by atoms with Gasteiger partial charge in [0.2, 0.25) is 10.0 Å². The highest BCUT2D eigenvalue weighted by Gasteiger charge is 2.24. The predicted molar refractivity (Wildman–Crippen MR) is 143 cm³/mol. The van der Waals surface area contributed by atoms with Gasteiger partial charge in [0, 0.05) is 58.9 Å². The minimum absolute atomic E-state index is 0.117. The van der Waals surface area contributed by atoms with Crippen LogP contribution in [0.5, 0.6) is 11.5 Å². The zero-order valence-corrected chi connectivity index (χ0v) is 21.8. The van der Waals surface area contributed by atoms with E-state index in [4.69, 9.17) is 15.6 Å². The average Bonchev–Trinajstić information content (AvgIpc) is 2.86. The number of para-hydroxylation sites is 1. The smallest absolute Gasteiger partial charge is 0.241 e. The number of benzene rings is 2. The van der Waals surface area contributed by atoms with Crippen molar-refractivity contribution in [1.82, 2.24) is 15.1 Å². The third kappa shape index (κ3) is 8.41. The fourth-order valence-electron chi connectivity index (χ4n) is 4.13. The second kappa shape index (κ2) is 13.9. The van der Waals surface area contributed by atoms with Gasteiger partial charge in [-0.15, -0.1) is 0 Å². The Morgan fingerprint density at radius 1 is 1.06 bits per heavy atom. The Balaban J connectivity index is 1.75. The van der Waals surface area contributed by atoms with Crippen LogP contribution in [0.4, 0.5) is 5.69 Å². The normalized spacial score (nSPS) is 16.1. The third-order valence-corrected chi connectivity index (χ3v) is 7.10. The first-order chi connectivity index (χ1) is 17.3. The molecule has 11 heteroatoms. The summed E-state index contributed by atoms with van der Waals surface area (Å²) in [5.74, 6) is 0.602. The van der Waals surface area contributed by atoms with Gasteiger partial charge >= 0.3 is 0 Å². The van der Waals surface area contributed by atoms with E-state index >= 15 is 0 Å². The summed E-state index contributed by atoms with van der Waals surface area (Å²) in [6.07, 6.45) is 0.786. The molecule has 10 nitrogen and oxygen atoms in total. The van der Waals surface area contributed by atoms with Crippen molar-refractivity contribution in [2.24, 2.45) is 10.9 Å². The number of nitrogens with zero attached hydrogens (tertiary/aromatic N) is 2. The van der Waals surface area contributed by atoms with E-state index in [2.05, 4.69) is 27.4 Å². The average molecular weight is 521 g/mol. The van der Waals surface area contributed by atoms with Gasteiger partial charge < -0.3 is 20.9 Å². The number of piperazine rings is 1. The summed E-state index contributed by atoms with van der Waals surface area (Å²) in [4.78, 5) is 4.50. The van der Waals surface area contributed by atoms with E-state index in [0.717, 1.165) is 52.1 Å². The fourth-order valence-corrected chi connectivity index (χ4v) is 4.84. The molecule has 1 atom stereocenters. The molecule has 1 aliphatic heterocycles. The molecule has 0 amide bonds. The fraction of sp³-hybridized carbons (Fsp3) is 0.520. The minimum Gasteiger partial charge on any atom is -0.454 e. The number of primary sulfonamides is 1. The number of hydrogen-bond acceptors (Lipinski definition) is 9. The molecular formula is C25H40N6O4S. The van der Waals surface area contributed by atoms with Crippen LogP contribution in [0, 0.1) is 0 Å². The van der Waals surface area contributed by atoms with Gasteiger partial charge in [-0.05, 0) is 36.2 Å². The van der Waals surface area contributed by atoms with E-state index in [0.29, 0.717) is 36.6 Å². The Hall–Kier alpha value is -2.25.